The Bertz CT molecular complexity index is 450. The predicted molar refractivity (Wildman–Crippen MR) is 148 cm³/mol. The molecule has 1 N–H and O–H groups in total. The maximum absolute atomic E-state index is 4.62. The second kappa shape index (κ2) is 24.3. The number of aromatic amines is 1. The van der Waals surface area contributed by atoms with Gasteiger partial charge in [-0.3, -0.25) is 0 Å². The van der Waals surface area contributed by atoms with E-state index in [-0.39, 0.29) is 0 Å². The molecule has 1 aromatic rings. The van der Waals surface area contributed by atoms with Gasteiger partial charge in [-0.25, -0.2) is 4.98 Å². The van der Waals surface area contributed by atoms with Gasteiger partial charge in [-0.15, -0.1) is 0 Å². The molecule has 0 fully saturated rings. The summed E-state index contributed by atoms with van der Waals surface area (Å²) in [6.45, 7) is 4.60. The van der Waals surface area contributed by atoms with Gasteiger partial charge in [0.1, 0.15) is 0 Å². The van der Waals surface area contributed by atoms with Crippen LogP contribution in [0.2, 0.25) is 0 Å². The third kappa shape index (κ3) is 19.2. The molecule has 194 valence electrons. The Hall–Kier alpha value is -0.790. The molecule has 0 unspecified atom stereocenters. The Kier molecular flexibility index (Phi) is 22.3. The lowest BCUT2D eigenvalue weighted by Gasteiger charge is -2.05. The minimum atomic E-state index is 1.18. The van der Waals surface area contributed by atoms with E-state index < -0.39 is 0 Å². The van der Waals surface area contributed by atoms with Gasteiger partial charge in [0.25, 0.3) is 0 Å². The van der Waals surface area contributed by atoms with Crippen LogP contribution in [0.15, 0.2) is 6.33 Å². The fourth-order valence-electron chi connectivity index (χ4n) is 5.06. The van der Waals surface area contributed by atoms with Crippen molar-refractivity contribution in [2.45, 2.75) is 181 Å². The summed E-state index contributed by atoms with van der Waals surface area (Å²) in [7, 11) is 0. The first-order chi connectivity index (χ1) is 16.4. The molecule has 1 heterocycles. The van der Waals surface area contributed by atoms with Gasteiger partial charge in [0, 0.05) is 5.69 Å². The molecule has 0 atom stereocenters. The molecule has 2 nitrogen and oxygen atoms in total. The predicted octanol–water partition coefficient (Wildman–Crippen LogP) is 10.9. The first-order valence-electron chi connectivity index (χ1n) is 15.4. The van der Waals surface area contributed by atoms with Crippen molar-refractivity contribution in [1.82, 2.24) is 9.97 Å². The zero-order chi connectivity index (χ0) is 23.7. The van der Waals surface area contributed by atoms with E-state index in [1.807, 2.05) is 6.33 Å². The smallest absolute Gasteiger partial charge is 0.0925 e. The molecule has 1 aromatic heterocycles. The average molecular weight is 461 g/mol. The summed E-state index contributed by atoms with van der Waals surface area (Å²) in [5.74, 6) is 0. The van der Waals surface area contributed by atoms with Crippen molar-refractivity contribution in [2.75, 3.05) is 0 Å². The van der Waals surface area contributed by atoms with Gasteiger partial charge in [0.15, 0.2) is 0 Å². The molecule has 0 saturated carbocycles. The number of unbranched alkanes of at least 4 members (excludes halogenated alkanes) is 22. The fraction of sp³-hybridized carbons (Fsp3) is 0.903. The first-order valence-corrected chi connectivity index (χ1v) is 15.4. The molecule has 0 aromatic carbocycles. The third-order valence-electron chi connectivity index (χ3n) is 7.35. The van der Waals surface area contributed by atoms with Gasteiger partial charge in [-0.2, -0.15) is 0 Å². The number of imidazole rings is 1. The Morgan fingerprint density at radius 1 is 0.455 bits per heavy atom. The Morgan fingerprint density at radius 3 is 1.18 bits per heavy atom. The summed E-state index contributed by atoms with van der Waals surface area (Å²) >= 11 is 0. The van der Waals surface area contributed by atoms with Gasteiger partial charge < -0.3 is 4.98 Å². The van der Waals surface area contributed by atoms with E-state index in [9.17, 15) is 0 Å². The van der Waals surface area contributed by atoms with Crippen LogP contribution >= 0.6 is 0 Å². The Labute approximate surface area is 208 Å². The van der Waals surface area contributed by atoms with Gasteiger partial charge in [0.05, 0.1) is 12.0 Å². The number of rotatable bonds is 26. The monoisotopic (exact) mass is 460 g/mol. The third-order valence-corrected chi connectivity index (χ3v) is 7.35. The van der Waals surface area contributed by atoms with Crippen LogP contribution in [0.3, 0.4) is 0 Å². The van der Waals surface area contributed by atoms with Crippen LogP contribution in [0, 0.1) is 0 Å². The van der Waals surface area contributed by atoms with Crippen LogP contribution in [0.4, 0.5) is 0 Å². The van der Waals surface area contributed by atoms with Crippen LogP contribution in [0.5, 0.6) is 0 Å². The molecule has 0 spiro atoms. The van der Waals surface area contributed by atoms with E-state index >= 15 is 0 Å². The average Bonchev–Trinajstić information content (AvgIpc) is 3.27. The molecule has 0 amide bonds. The molecule has 0 saturated heterocycles. The van der Waals surface area contributed by atoms with Crippen LogP contribution in [0.1, 0.15) is 179 Å². The summed E-state index contributed by atoms with van der Waals surface area (Å²) in [6.07, 6.45) is 38.4. The summed E-state index contributed by atoms with van der Waals surface area (Å²) in [5.41, 5.74) is 2.77. The largest absolute Gasteiger partial charge is 0.348 e. The van der Waals surface area contributed by atoms with Crippen molar-refractivity contribution < 1.29 is 0 Å². The highest BCUT2D eigenvalue weighted by Gasteiger charge is 2.05. The lowest BCUT2D eigenvalue weighted by Crippen LogP contribution is -1.95. The van der Waals surface area contributed by atoms with Gasteiger partial charge >= 0.3 is 0 Å². The van der Waals surface area contributed by atoms with E-state index in [1.54, 1.807) is 0 Å². The Balaban J connectivity index is 1.89. The maximum Gasteiger partial charge on any atom is 0.0925 e. The van der Waals surface area contributed by atoms with E-state index in [0.29, 0.717) is 0 Å². The summed E-state index contributed by atoms with van der Waals surface area (Å²) in [4.78, 5) is 8.05. The minimum absolute atomic E-state index is 1.18. The second-order valence-corrected chi connectivity index (χ2v) is 10.6. The highest BCUT2D eigenvalue weighted by atomic mass is 14.9. The van der Waals surface area contributed by atoms with Crippen molar-refractivity contribution in [1.29, 1.82) is 0 Å². The van der Waals surface area contributed by atoms with Crippen molar-refractivity contribution in [2.24, 2.45) is 0 Å². The number of hydrogen-bond donors (Lipinski definition) is 1. The Morgan fingerprint density at radius 2 is 0.788 bits per heavy atom. The van der Waals surface area contributed by atoms with Crippen LogP contribution in [0.25, 0.3) is 0 Å². The lowest BCUT2D eigenvalue weighted by molar-refractivity contribution is 0.541. The number of nitrogens with one attached hydrogen (secondary N) is 1. The maximum atomic E-state index is 4.62. The first kappa shape index (κ1) is 30.2. The van der Waals surface area contributed by atoms with Crippen molar-refractivity contribution in [3.8, 4) is 0 Å². The number of hydrogen-bond acceptors (Lipinski definition) is 1. The zero-order valence-electron chi connectivity index (χ0n) is 22.9. The van der Waals surface area contributed by atoms with Crippen LogP contribution in [-0.2, 0) is 12.8 Å². The molecular formula is C31H60N2. The van der Waals surface area contributed by atoms with E-state index in [0.717, 1.165) is 0 Å². The van der Waals surface area contributed by atoms with Crippen molar-refractivity contribution in [3.63, 3.8) is 0 Å². The zero-order valence-corrected chi connectivity index (χ0v) is 22.9. The lowest BCUT2D eigenvalue weighted by atomic mass is 10.0. The van der Waals surface area contributed by atoms with Crippen molar-refractivity contribution >= 4 is 0 Å². The molecule has 0 radical (unpaired) electrons. The standard InChI is InChI=1S/C31H60N2/c1-3-5-7-9-11-13-15-17-19-21-23-25-27-30-31(33-29-32-30)28-26-24-22-20-18-16-14-12-10-8-6-4-2/h29H,3-28H2,1-2H3,(H,32,33). The van der Waals surface area contributed by atoms with Crippen molar-refractivity contribution in [3.05, 3.63) is 17.7 Å². The molecular weight excluding hydrogens is 400 g/mol. The van der Waals surface area contributed by atoms with Crippen LogP contribution in [-0.4, -0.2) is 9.97 Å². The van der Waals surface area contributed by atoms with Gasteiger partial charge in [-0.1, -0.05) is 155 Å². The second-order valence-electron chi connectivity index (χ2n) is 10.6. The number of aromatic nitrogens is 2. The summed E-state index contributed by atoms with van der Waals surface area (Å²) < 4.78 is 0. The quantitative estimate of drug-likeness (QED) is 0.137. The molecule has 1 rings (SSSR count). The molecule has 0 aliphatic heterocycles. The van der Waals surface area contributed by atoms with E-state index in [4.69, 9.17) is 0 Å². The number of nitrogens with zero attached hydrogens (tertiary/aromatic N) is 1. The normalized spacial score (nSPS) is 11.5. The van der Waals surface area contributed by atoms with E-state index in [1.165, 1.54) is 178 Å². The highest BCUT2D eigenvalue weighted by molar-refractivity contribution is 5.11. The van der Waals surface area contributed by atoms with Gasteiger partial charge in [-0.05, 0) is 25.7 Å². The SMILES string of the molecule is CCCCCCCCCCCCCCc1nc[nH]c1CCCCCCCCCCCCCC. The van der Waals surface area contributed by atoms with Crippen LogP contribution < -0.4 is 0 Å². The molecule has 0 bridgehead atoms. The van der Waals surface area contributed by atoms with Gasteiger partial charge in [0.2, 0.25) is 0 Å². The number of aryl methyl sites for hydroxylation is 2. The summed E-state index contributed by atoms with van der Waals surface area (Å²) in [6, 6.07) is 0. The number of H-pyrrole nitrogens is 1. The molecule has 0 aliphatic rings. The molecule has 0 aliphatic carbocycles. The minimum Gasteiger partial charge on any atom is -0.348 e. The molecule has 2 heteroatoms. The molecule has 33 heavy (non-hydrogen) atoms. The highest BCUT2D eigenvalue weighted by Crippen LogP contribution is 2.16. The topological polar surface area (TPSA) is 28.7 Å². The van der Waals surface area contributed by atoms with E-state index in [2.05, 4.69) is 23.8 Å². The summed E-state index contributed by atoms with van der Waals surface area (Å²) in [5, 5.41) is 0. The fourth-order valence-corrected chi connectivity index (χ4v) is 5.06.